The minimum Gasteiger partial charge on any atom is -0.374 e. The summed E-state index contributed by atoms with van der Waals surface area (Å²) in [6.07, 6.45) is 3.49. The van der Waals surface area contributed by atoms with Crippen molar-refractivity contribution in [2.45, 2.75) is 24.8 Å². The third-order valence-corrected chi connectivity index (χ3v) is 4.55. The van der Waals surface area contributed by atoms with Gasteiger partial charge in [0.05, 0.1) is 0 Å². The van der Waals surface area contributed by atoms with Gasteiger partial charge in [-0.2, -0.15) is 0 Å². The van der Waals surface area contributed by atoms with Crippen LogP contribution in [0, 0.1) is 11.8 Å². The zero-order valence-electron chi connectivity index (χ0n) is 10.9. The van der Waals surface area contributed by atoms with Crippen LogP contribution in [0.15, 0.2) is 23.1 Å². The average Bonchev–Trinajstić information content (AvgIpc) is 3.03. The molecule has 1 aliphatic carbocycles. The van der Waals surface area contributed by atoms with Crippen molar-refractivity contribution in [1.82, 2.24) is 0 Å². The normalized spacial score (nSPS) is 22.6. The van der Waals surface area contributed by atoms with Crippen molar-refractivity contribution in [2.24, 2.45) is 17.6 Å². The van der Waals surface area contributed by atoms with Crippen LogP contribution in [0.1, 0.15) is 18.9 Å². The van der Waals surface area contributed by atoms with Crippen molar-refractivity contribution < 1.29 is 0 Å². The first-order chi connectivity index (χ1) is 8.17. The number of rotatable bonds is 5. The highest BCUT2D eigenvalue weighted by Gasteiger charge is 2.33. The molecule has 2 rings (SSSR count). The third-order valence-electron chi connectivity index (χ3n) is 3.73. The molecule has 1 aromatic rings. The number of thioether (sulfide) groups is 1. The molecule has 2 atom stereocenters. The van der Waals surface area contributed by atoms with E-state index in [1.165, 1.54) is 22.6 Å². The fourth-order valence-electron chi connectivity index (χ4n) is 2.41. The Kier molecular flexibility index (Phi) is 4.00. The molecule has 1 fully saturated rings. The van der Waals surface area contributed by atoms with E-state index in [-0.39, 0.29) is 0 Å². The van der Waals surface area contributed by atoms with Crippen LogP contribution in [0.5, 0.6) is 0 Å². The van der Waals surface area contributed by atoms with Gasteiger partial charge in [-0.15, -0.1) is 11.8 Å². The lowest BCUT2D eigenvalue weighted by Crippen LogP contribution is -2.22. The fraction of sp³-hybridized carbons (Fsp3) is 0.571. The molecule has 94 valence electrons. The van der Waals surface area contributed by atoms with Gasteiger partial charge in [-0.05, 0) is 36.6 Å². The molecule has 2 nitrogen and oxygen atoms in total. The van der Waals surface area contributed by atoms with Crippen LogP contribution in [0.3, 0.4) is 0 Å². The SMILES string of the molecule is CSc1cccc(N(C)CC2CC2C)c1CN. The standard InChI is InChI=1S/C14H22N2S/c1-10-7-11(10)9-16(2)13-5-4-6-14(17-3)12(13)8-15/h4-6,10-11H,7-9,15H2,1-3H3. The molecule has 0 radical (unpaired) electrons. The molecule has 2 N–H and O–H groups in total. The molecule has 0 aliphatic heterocycles. The number of benzene rings is 1. The number of hydrogen-bond acceptors (Lipinski definition) is 3. The second kappa shape index (κ2) is 5.32. The Morgan fingerprint density at radius 3 is 2.71 bits per heavy atom. The van der Waals surface area contributed by atoms with Crippen molar-refractivity contribution >= 4 is 17.4 Å². The third kappa shape index (κ3) is 2.78. The largest absolute Gasteiger partial charge is 0.374 e. The molecule has 0 aromatic heterocycles. The molecule has 0 bridgehead atoms. The molecule has 0 heterocycles. The van der Waals surface area contributed by atoms with Crippen LogP contribution in [-0.2, 0) is 6.54 Å². The van der Waals surface area contributed by atoms with Gasteiger partial charge in [0, 0.05) is 36.3 Å². The van der Waals surface area contributed by atoms with E-state index in [0.29, 0.717) is 6.54 Å². The van der Waals surface area contributed by atoms with Crippen molar-refractivity contribution in [3.8, 4) is 0 Å². The summed E-state index contributed by atoms with van der Waals surface area (Å²) in [7, 11) is 2.18. The topological polar surface area (TPSA) is 29.3 Å². The first-order valence-electron chi connectivity index (χ1n) is 6.24. The Bertz CT molecular complexity index is 392. The van der Waals surface area contributed by atoms with Gasteiger partial charge >= 0.3 is 0 Å². The molecule has 2 unspecified atom stereocenters. The van der Waals surface area contributed by atoms with Crippen LogP contribution in [0.2, 0.25) is 0 Å². The average molecular weight is 250 g/mol. The lowest BCUT2D eigenvalue weighted by atomic mass is 10.1. The monoisotopic (exact) mass is 250 g/mol. The molecule has 1 aliphatic rings. The number of hydrogen-bond donors (Lipinski definition) is 1. The summed E-state index contributed by atoms with van der Waals surface area (Å²) in [4.78, 5) is 3.68. The second-order valence-corrected chi connectivity index (χ2v) is 5.86. The number of anilines is 1. The quantitative estimate of drug-likeness (QED) is 0.815. The van der Waals surface area contributed by atoms with Gasteiger partial charge in [0.15, 0.2) is 0 Å². The number of nitrogens with zero attached hydrogens (tertiary/aromatic N) is 1. The predicted molar refractivity (Wildman–Crippen MR) is 76.7 cm³/mol. The Labute approximate surface area is 109 Å². The maximum absolute atomic E-state index is 5.90. The van der Waals surface area contributed by atoms with Crippen LogP contribution in [0.25, 0.3) is 0 Å². The zero-order valence-corrected chi connectivity index (χ0v) is 11.8. The van der Waals surface area contributed by atoms with E-state index in [9.17, 15) is 0 Å². The maximum Gasteiger partial charge on any atom is 0.0420 e. The van der Waals surface area contributed by atoms with Gasteiger partial charge < -0.3 is 10.6 Å². The van der Waals surface area contributed by atoms with Gasteiger partial charge in [0.2, 0.25) is 0 Å². The molecule has 0 saturated heterocycles. The highest BCUT2D eigenvalue weighted by molar-refractivity contribution is 7.98. The second-order valence-electron chi connectivity index (χ2n) is 5.02. The molecule has 0 spiro atoms. The highest BCUT2D eigenvalue weighted by Crippen LogP contribution is 2.39. The summed E-state index contributed by atoms with van der Waals surface area (Å²) < 4.78 is 0. The van der Waals surface area contributed by atoms with Crippen LogP contribution in [0.4, 0.5) is 5.69 Å². The lowest BCUT2D eigenvalue weighted by Gasteiger charge is -2.23. The van der Waals surface area contributed by atoms with Gasteiger partial charge in [-0.3, -0.25) is 0 Å². The van der Waals surface area contributed by atoms with E-state index in [1.807, 2.05) is 0 Å². The molecule has 1 aromatic carbocycles. The minimum absolute atomic E-state index is 0.622. The summed E-state index contributed by atoms with van der Waals surface area (Å²) >= 11 is 1.78. The van der Waals surface area contributed by atoms with Crippen molar-refractivity contribution in [3.05, 3.63) is 23.8 Å². The summed E-state index contributed by atoms with van der Waals surface area (Å²) in [5.41, 5.74) is 8.49. The van der Waals surface area contributed by atoms with Crippen molar-refractivity contribution in [1.29, 1.82) is 0 Å². The smallest absolute Gasteiger partial charge is 0.0420 e. The Hall–Kier alpha value is -0.670. The molecule has 17 heavy (non-hydrogen) atoms. The van der Waals surface area contributed by atoms with E-state index < -0.39 is 0 Å². The highest BCUT2D eigenvalue weighted by atomic mass is 32.2. The summed E-state index contributed by atoms with van der Waals surface area (Å²) in [5.74, 6) is 1.78. The van der Waals surface area contributed by atoms with Gasteiger partial charge in [0.1, 0.15) is 0 Å². The van der Waals surface area contributed by atoms with E-state index in [4.69, 9.17) is 5.73 Å². The fourth-order valence-corrected chi connectivity index (χ4v) is 3.06. The molecule has 1 saturated carbocycles. The van der Waals surface area contributed by atoms with Crippen LogP contribution < -0.4 is 10.6 Å². The molecular formula is C14H22N2S. The maximum atomic E-state index is 5.90. The Morgan fingerprint density at radius 1 is 1.47 bits per heavy atom. The summed E-state index contributed by atoms with van der Waals surface area (Å²) in [6.45, 7) is 4.11. The van der Waals surface area contributed by atoms with Gasteiger partial charge in [-0.25, -0.2) is 0 Å². The Morgan fingerprint density at radius 2 is 2.18 bits per heavy atom. The van der Waals surface area contributed by atoms with Crippen LogP contribution >= 0.6 is 11.8 Å². The number of nitrogens with two attached hydrogens (primary N) is 1. The van der Waals surface area contributed by atoms with Crippen LogP contribution in [-0.4, -0.2) is 19.8 Å². The first kappa shape index (κ1) is 12.8. The molecule has 3 heteroatoms. The Balaban J connectivity index is 2.18. The van der Waals surface area contributed by atoms with E-state index >= 15 is 0 Å². The van der Waals surface area contributed by atoms with E-state index in [2.05, 4.69) is 43.3 Å². The predicted octanol–water partition coefficient (Wildman–Crippen LogP) is 2.96. The summed E-state index contributed by atoms with van der Waals surface area (Å²) in [6, 6.07) is 6.48. The van der Waals surface area contributed by atoms with Crippen molar-refractivity contribution in [3.63, 3.8) is 0 Å². The molecule has 0 amide bonds. The van der Waals surface area contributed by atoms with E-state index in [1.54, 1.807) is 11.8 Å². The minimum atomic E-state index is 0.622. The zero-order chi connectivity index (χ0) is 12.4. The van der Waals surface area contributed by atoms with Crippen molar-refractivity contribution in [2.75, 3.05) is 24.7 Å². The van der Waals surface area contributed by atoms with Gasteiger partial charge in [0.25, 0.3) is 0 Å². The van der Waals surface area contributed by atoms with Gasteiger partial charge in [-0.1, -0.05) is 13.0 Å². The first-order valence-corrected chi connectivity index (χ1v) is 7.47. The summed E-state index contributed by atoms with van der Waals surface area (Å²) in [5, 5.41) is 0. The molecular weight excluding hydrogens is 228 g/mol. The van der Waals surface area contributed by atoms with E-state index in [0.717, 1.165) is 18.4 Å². The lowest BCUT2D eigenvalue weighted by molar-refractivity contribution is 0.722.